The van der Waals surface area contributed by atoms with Gasteiger partial charge in [0.25, 0.3) is 11.1 Å². The van der Waals surface area contributed by atoms with E-state index in [0.29, 0.717) is 4.91 Å². The van der Waals surface area contributed by atoms with Gasteiger partial charge in [0.2, 0.25) is 0 Å². The first-order chi connectivity index (χ1) is 9.45. The molecule has 1 aliphatic heterocycles. The van der Waals surface area contributed by atoms with Crippen LogP contribution in [0, 0.1) is 0 Å². The lowest BCUT2D eigenvalue weighted by molar-refractivity contribution is -0.148. The Balaban J connectivity index is 2.27. The molecule has 1 fully saturated rings. The Kier molecular flexibility index (Phi) is 3.99. The Labute approximate surface area is 120 Å². The van der Waals surface area contributed by atoms with Crippen LogP contribution in [0.5, 0.6) is 0 Å². The van der Waals surface area contributed by atoms with E-state index in [4.69, 9.17) is 0 Å². The Hall–Kier alpha value is -2.02. The van der Waals surface area contributed by atoms with E-state index in [9.17, 15) is 14.4 Å². The Morgan fingerprint density at radius 1 is 1.45 bits per heavy atom. The van der Waals surface area contributed by atoms with Gasteiger partial charge in [0.15, 0.2) is 0 Å². The van der Waals surface area contributed by atoms with Gasteiger partial charge in [0.1, 0.15) is 6.04 Å². The number of thioether (sulfide) groups is 1. The molecule has 106 valence electrons. The van der Waals surface area contributed by atoms with Crippen LogP contribution in [0.15, 0.2) is 23.2 Å². The van der Waals surface area contributed by atoms with Crippen molar-refractivity contribution in [3.8, 4) is 0 Å². The molecule has 0 saturated carbocycles. The number of ether oxygens (including phenoxy) is 1. The van der Waals surface area contributed by atoms with E-state index in [1.54, 1.807) is 6.08 Å². The number of rotatable bonds is 3. The fraction of sp³-hybridized carbons (Fsp3) is 0.308. The van der Waals surface area contributed by atoms with E-state index in [0.717, 1.165) is 22.4 Å². The van der Waals surface area contributed by atoms with Gasteiger partial charge in [-0.2, -0.15) is 0 Å². The van der Waals surface area contributed by atoms with E-state index in [-0.39, 0.29) is 0 Å². The molecule has 2 heterocycles. The van der Waals surface area contributed by atoms with Crippen LogP contribution in [0.25, 0.3) is 6.08 Å². The maximum Gasteiger partial charge on any atom is 0.328 e. The van der Waals surface area contributed by atoms with Crippen LogP contribution in [0.2, 0.25) is 0 Å². The highest BCUT2D eigenvalue weighted by Gasteiger charge is 2.41. The summed E-state index contributed by atoms with van der Waals surface area (Å²) in [6, 6.07) is 2.75. The van der Waals surface area contributed by atoms with Crippen molar-refractivity contribution in [2.75, 3.05) is 7.11 Å². The monoisotopic (exact) mass is 294 g/mol. The number of methoxy groups -OCH3 is 1. The van der Waals surface area contributed by atoms with Gasteiger partial charge in [-0.05, 0) is 36.9 Å². The number of carbonyl (C=O) groups is 3. The van der Waals surface area contributed by atoms with Gasteiger partial charge in [0, 0.05) is 18.9 Å². The molecule has 7 heteroatoms. The van der Waals surface area contributed by atoms with Crippen LogP contribution in [-0.2, 0) is 21.4 Å². The zero-order valence-corrected chi connectivity index (χ0v) is 12.1. The zero-order valence-electron chi connectivity index (χ0n) is 11.3. The Bertz CT molecular complexity index is 605. The average Bonchev–Trinajstić information content (AvgIpc) is 2.93. The van der Waals surface area contributed by atoms with Crippen molar-refractivity contribution in [3.63, 3.8) is 0 Å². The van der Waals surface area contributed by atoms with E-state index < -0.39 is 23.2 Å². The summed E-state index contributed by atoms with van der Waals surface area (Å²) in [6.45, 7) is 1.47. The predicted molar refractivity (Wildman–Crippen MR) is 74.7 cm³/mol. The maximum atomic E-state index is 12.2. The number of hydrogen-bond acceptors (Lipinski definition) is 5. The number of hydrogen-bond donors (Lipinski definition) is 0. The molecule has 0 aromatic carbocycles. The molecule has 0 unspecified atom stereocenters. The van der Waals surface area contributed by atoms with Crippen molar-refractivity contribution in [3.05, 3.63) is 28.9 Å². The number of carbonyl (C=O) groups excluding carboxylic acids is 3. The maximum absolute atomic E-state index is 12.2. The molecule has 0 aliphatic carbocycles. The standard InChI is InChI=1S/C13H14N2O4S/c1-8(12(17)19-3)15-11(16)10(20-13(15)18)7-9-5-4-6-14(9)2/h4-8H,1-3H3/b10-7-/t8-/m0/s1. The summed E-state index contributed by atoms with van der Waals surface area (Å²) >= 11 is 0.822. The third-order valence-electron chi connectivity index (χ3n) is 3.02. The molecule has 2 rings (SSSR count). The summed E-state index contributed by atoms with van der Waals surface area (Å²) < 4.78 is 6.39. The Morgan fingerprint density at radius 2 is 2.15 bits per heavy atom. The van der Waals surface area contributed by atoms with Gasteiger partial charge in [-0.15, -0.1) is 0 Å². The first-order valence-electron chi connectivity index (χ1n) is 5.92. The van der Waals surface area contributed by atoms with Crippen molar-refractivity contribution < 1.29 is 19.1 Å². The largest absolute Gasteiger partial charge is 0.467 e. The molecule has 0 spiro atoms. The molecule has 0 radical (unpaired) electrons. The molecule has 1 saturated heterocycles. The molecule has 1 atom stereocenters. The molecular weight excluding hydrogens is 280 g/mol. The van der Waals surface area contributed by atoms with E-state index in [2.05, 4.69) is 4.74 Å². The van der Waals surface area contributed by atoms with Gasteiger partial charge < -0.3 is 9.30 Å². The number of nitrogens with zero attached hydrogens (tertiary/aromatic N) is 2. The van der Waals surface area contributed by atoms with Gasteiger partial charge in [-0.1, -0.05) is 0 Å². The minimum absolute atomic E-state index is 0.299. The number of aromatic nitrogens is 1. The van der Waals surface area contributed by atoms with Crippen molar-refractivity contribution in [2.45, 2.75) is 13.0 Å². The lowest BCUT2D eigenvalue weighted by Crippen LogP contribution is -2.42. The average molecular weight is 294 g/mol. The number of aryl methyl sites for hydroxylation is 1. The summed E-state index contributed by atoms with van der Waals surface area (Å²) in [6.07, 6.45) is 3.47. The van der Waals surface area contributed by atoms with Gasteiger partial charge in [-0.25, -0.2) is 4.79 Å². The van der Waals surface area contributed by atoms with Crippen molar-refractivity contribution in [1.29, 1.82) is 0 Å². The smallest absolute Gasteiger partial charge is 0.328 e. The van der Waals surface area contributed by atoms with Crippen molar-refractivity contribution >= 4 is 35.0 Å². The highest BCUT2D eigenvalue weighted by molar-refractivity contribution is 8.18. The minimum Gasteiger partial charge on any atom is -0.467 e. The number of imide groups is 1. The summed E-state index contributed by atoms with van der Waals surface area (Å²) in [7, 11) is 3.06. The van der Waals surface area contributed by atoms with Gasteiger partial charge in [0.05, 0.1) is 12.0 Å². The molecule has 0 bridgehead atoms. The third-order valence-corrected chi connectivity index (χ3v) is 3.90. The fourth-order valence-corrected chi connectivity index (χ4v) is 2.74. The minimum atomic E-state index is -0.924. The predicted octanol–water partition coefficient (Wildman–Crippen LogP) is 1.62. The quantitative estimate of drug-likeness (QED) is 0.626. The van der Waals surface area contributed by atoms with E-state index in [1.807, 2.05) is 29.9 Å². The summed E-state index contributed by atoms with van der Waals surface area (Å²) in [4.78, 5) is 36.8. The van der Waals surface area contributed by atoms with E-state index >= 15 is 0 Å². The number of amides is 2. The van der Waals surface area contributed by atoms with Crippen LogP contribution in [0.3, 0.4) is 0 Å². The molecule has 6 nitrogen and oxygen atoms in total. The lowest BCUT2D eigenvalue weighted by Gasteiger charge is -2.18. The normalized spacial score (nSPS) is 18.8. The molecular formula is C13H14N2O4S. The van der Waals surface area contributed by atoms with Crippen LogP contribution in [0.4, 0.5) is 4.79 Å². The molecule has 1 aromatic heterocycles. The van der Waals surface area contributed by atoms with E-state index in [1.165, 1.54) is 14.0 Å². The first-order valence-corrected chi connectivity index (χ1v) is 6.73. The van der Waals surface area contributed by atoms with Gasteiger partial charge >= 0.3 is 5.97 Å². The summed E-state index contributed by atoms with van der Waals surface area (Å²) in [5.41, 5.74) is 0.807. The molecule has 1 aromatic rings. The molecule has 1 aliphatic rings. The topological polar surface area (TPSA) is 68.6 Å². The second-order valence-corrected chi connectivity index (χ2v) is 5.29. The van der Waals surface area contributed by atoms with Crippen molar-refractivity contribution in [2.24, 2.45) is 7.05 Å². The van der Waals surface area contributed by atoms with Crippen molar-refractivity contribution in [1.82, 2.24) is 9.47 Å². The highest BCUT2D eigenvalue weighted by Crippen LogP contribution is 2.33. The summed E-state index contributed by atoms with van der Waals surface area (Å²) in [5, 5.41) is -0.464. The van der Waals surface area contributed by atoms with Gasteiger partial charge in [-0.3, -0.25) is 14.5 Å². The van der Waals surface area contributed by atoms with Crippen LogP contribution in [-0.4, -0.2) is 39.7 Å². The molecule has 2 amide bonds. The van der Waals surface area contributed by atoms with Crippen LogP contribution < -0.4 is 0 Å². The lowest BCUT2D eigenvalue weighted by atomic mass is 10.2. The fourth-order valence-electron chi connectivity index (χ4n) is 1.85. The number of esters is 1. The highest BCUT2D eigenvalue weighted by atomic mass is 32.2. The molecule has 0 N–H and O–H groups in total. The second-order valence-electron chi connectivity index (χ2n) is 4.29. The van der Waals surface area contributed by atoms with Crippen LogP contribution in [0.1, 0.15) is 12.6 Å². The molecule has 20 heavy (non-hydrogen) atoms. The zero-order chi connectivity index (χ0) is 14.9. The SMILES string of the molecule is COC(=O)[C@H](C)N1C(=O)S/C(=C\c2cccn2C)C1=O. The van der Waals surface area contributed by atoms with Crippen LogP contribution >= 0.6 is 11.8 Å². The Morgan fingerprint density at radius 3 is 2.70 bits per heavy atom. The third kappa shape index (κ3) is 2.49. The first kappa shape index (κ1) is 14.4. The second kappa shape index (κ2) is 5.54. The summed E-state index contributed by atoms with van der Waals surface area (Å²) in [5.74, 6) is -1.09.